The van der Waals surface area contributed by atoms with Crippen LogP contribution >= 0.6 is 15.9 Å². The predicted molar refractivity (Wildman–Crippen MR) is 67.9 cm³/mol. The summed E-state index contributed by atoms with van der Waals surface area (Å²) in [6.45, 7) is 2.01. The zero-order valence-corrected chi connectivity index (χ0v) is 10.7. The van der Waals surface area contributed by atoms with Crippen molar-refractivity contribution in [1.29, 1.82) is 5.26 Å². The van der Waals surface area contributed by atoms with Gasteiger partial charge in [-0.05, 0) is 46.6 Å². The van der Waals surface area contributed by atoms with Crippen molar-refractivity contribution in [1.82, 2.24) is 4.98 Å². The van der Waals surface area contributed by atoms with Gasteiger partial charge in [0.2, 0.25) is 0 Å². The molecule has 3 nitrogen and oxygen atoms in total. The van der Waals surface area contributed by atoms with Gasteiger partial charge in [0.05, 0.1) is 4.47 Å². The lowest BCUT2D eigenvalue weighted by Gasteiger charge is -2.08. The Morgan fingerprint density at radius 2 is 2.12 bits per heavy atom. The Kier molecular flexibility index (Phi) is 3.40. The molecule has 0 aliphatic heterocycles. The van der Waals surface area contributed by atoms with Gasteiger partial charge >= 0.3 is 0 Å². The number of hydrogen-bond donors (Lipinski definition) is 0. The van der Waals surface area contributed by atoms with E-state index >= 15 is 0 Å². The van der Waals surface area contributed by atoms with E-state index in [1.165, 1.54) is 0 Å². The van der Waals surface area contributed by atoms with Crippen LogP contribution in [0.5, 0.6) is 11.5 Å². The Morgan fingerprint density at radius 3 is 2.82 bits per heavy atom. The molecule has 4 heteroatoms. The van der Waals surface area contributed by atoms with Crippen molar-refractivity contribution in [3.05, 3.63) is 52.3 Å². The highest BCUT2D eigenvalue weighted by molar-refractivity contribution is 9.10. The minimum atomic E-state index is 0.339. The van der Waals surface area contributed by atoms with Crippen LogP contribution in [0, 0.1) is 18.3 Å². The first-order valence-corrected chi connectivity index (χ1v) is 5.78. The smallest absolute Gasteiger partial charge is 0.144 e. The highest BCUT2D eigenvalue weighted by Crippen LogP contribution is 2.30. The van der Waals surface area contributed by atoms with Gasteiger partial charge in [-0.25, -0.2) is 4.98 Å². The maximum Gasteiger partial charge on any atom is 0.144 e. The molecule has 1 aromatic heterocycles. The zero-order chi connectivity index (χ0) is 12.3. The Hall–Kier alpha value is -1.86. The predicted octanol–water partition coefficient (Wildman–Crippen LogP) is 3.82. The van der Waals surface area contributed by atoms with Crippen LogP contribution in [-0.4, -0.2) is 4.98 Å². The van der Waals surface area contributed by atoms with Gasteiger partial charge in [0, 0.05) is 12.3 Å². The highest BCUT2D eigenvalue weighted by atomic mass is 79.9. The molecular weight excluding hydrogens is 280 g/mol. The van der Waals surface area contributed by atoms with Gasteiger partial charge < -0.3 is 4.74 Å². The van der Waals surface area contributed by atoms with Gasteiger partial charge in [-0.15, -0.1) is 0 Å². The maximum atomic E-state index is 8.74. The van der Waals surface area contributed by atoms with Gasteiger partial charge in [0.1, 0.15) is 23.3 Å². The number of pyridine rings is 1. The quantitative estimate of drug-likeness (QED) is 0.844. The van der Waals surface area contributed by atoms with Crippen LogP contribution in [0.1, 0.15) is 11.3 Å². The molecule has 2 rings (SSSR count). The SMILES string of the molecule is Cc1ccc(Oc2ccnc(C#N)c2)c(Br)c1. The number of ether oxygens (including phenoxy) is 1. The number of halogens is 1. The number of nitrogens with zero attached hydrogens (tertiary/aromatic N) is 2. The minimum Gasteiger partial charge on any atom is -0.456 e. The summed E-state index contributed by atoms with van der Waals surface area (Å²) >= 11 is 3.43. The third kappa shape index (κ3) is 2.83. The van der Waals surface area contributed by atoms with Crippen LogP contribution in [0.2, 0.25) is 0 Å². The van der Waals surface area contributed by atoms with E-state index in [4.69, 9.17) is 10.00 Å². The fraction of sp³-hybridized carbons (Fsp3) is 0.0769. The molecule has 84 valence electrons. The van der Waals surface area contributed by atoms with Crippen molar-refractivity contribution >= 4 is 15.9 Å². The summed E-state index contributed by atoms with van der Waals surface area (Å²) in [6.07, 6.45) is 1.55. The molecule has 0 bridgehead atoms. The first-order chi connectivity index (χ1) is 8.19. The first-order valence-electron chi connectivity index (χ1n) is 4.99. The Balaban J connectivity index is 2.28. The second kappa shape index (κ2) is 4.98. The average Bonchev–Trinajstić information content (AvgIpc) is 2.33. The maximum absolute atomic E-state index is 8.74. The van der Waals surface area contributed by atoms with E-state index in [1.807, 2.05) is 31.2 Å². The van der Waals surface area contributed by atoms with Crippen molar-refractivity contribution in [3.8, 4) is 17.6 Å². The molecule has 2 aromatic rings. The van der Waals surface area contributed by atoms with E-state index in [2.05, 4.69) is 20.9 Å². The summed E-state index contributed by atoms with van der Waals surface area (Å²) in [7, 11) is 0. The standard InChI is InChI=1S/C13H9BrN2O/c1-9-2-3-13(12(14)6-9)17-11-4-5-16-10(7-11)8-15/h2-7H,1H3. The highest BCUT2D eigenvalue weighted by Gasteiger charge is 2.03. The van der Waals surface area contributed by atoms with Gasteiger partial charge in [0.25, 0.3) is 0 Å². The molecule has 17 heavy (non-hydrogen) atoms. The van der Waals surface area contributed by atoms with E-state index < -0.39 is 0 Å². The molecule has 0 saturated heterocycles. The molecule has 1 aromatic carbocycles. The van der Waals surface area contributed by atoms with E-state index in [-0.39, 0.29) is 0 Å². The summed E-state index contributed by atoms with van der Waals surface area (Å²) in [5.41, 5.74) is 1.49. The third-order valence-electron chi connectivity index (χ3n) is 2.16. The molecule has 0 saturated carbocycles. The fourth-order valence-corrected chi connectivity index (χ4v) is 1.93. The number of rotatable bonds is 2. The van der Waals surface area contributed by atoms with Crippen LogP contribution in [0.15, 0.2) is 41.0 Å². The molecule has 0 radical (unpaired) electrons. The largest absolute Gasteiger partial charge is 0.456 e. The lowest BCUT2D eigenvalue weighted by Crippen LogP contribution is -1.88. The summed E-state index contributed by atoms with van der Waals surface area (Å²) in [5.74, 6) is 1.31. The Bertz CT molecular complexity index is 590. The summed E-state index contributed by atoms with van der Waals surface area (Å²) in [5, 5.41) is 8.74. The first kappa shape index (κ1) is 11.6. The second-order valence-electron chi connectivity index (χ2n) is 3.52. The lowest BCUT2D eigenvalue weighted by atomic mass is 10.2. The number of nitriles is 1. The normalized spacial score (nSPS) is 9.71. The van der Waals surface area contributed by atoms with Gasteiger partial charge in [-0.3, -0.25) is 0 Å². The number of aromatic nitrogens is 1. The van der Waals surface area contributed by atoms with Gasteiger partial charge in [-0.2, -0.15) is 5.26 Å². The Labute approximate surface area is 108 Å². The van der Waals surface area contributed by atoms with Crippen LogP contribution in [0.3, 0.4) is 0 Å². The summed E-state index contributed by atoms with van der Waals surface area (Å²) in [4.78, 5) is 3.88. The minimum absolute atomic E-state index is 0.339. The van der Waals surface area contributed by atoms with E-state index in [0.29, 0.717) is 17.2 Å². The van der Waals surface area contributed by atoms with Crippen LogP contribution in [-0.2, 0) is 0 Å². The molecule has 0 spiro atoms. The van der Waals surface area contributed by atoms with Crippen molar-refractivity contribution in [2.45, 2.75) is 6.92 Å². The van der Waals surface area contributed by atoms with Crippen LogP contribution in [0.4, 0.5) is 0 Å². The zero-order valence-electron chi connectivity index (χ0n) is 9.14. The van der Waals surface area contributed by atoms with Crippen LogP contribution in [0.25, 0.3) is 0 Å². The van der Waals surface area contributed by atoms with Gasteiger partial charge in [-0.1, -0.05) is 6.07 Å². The summed E-state index contributed by atoms with van der Waals surface area (Å²) in [6, 6.07) is 11.1. The number of hydrogen-bond acceptors (Lipinski definition) is 3. The molecule has 1 heterocycles. The lowest BCUT2D eigenvalue weighted by molar-refractivity contribution is 0.478. The Morgan fingerprint density at radius 1 is 1.29 bits per heavy atom. The van der Waals surface area contributed by atoms with Crippen molar-refractivity contribution in [2.75, 3.05) is 0 Å². The number of benzene rings is 1. The van der Waals surface area contributed by atoms with E-state index in [1.54, 1.807) is 18.3 Å². The van der Waals surface area contributed by atoms with E-state index in [0.717, 1.165) is 10.0 Å². The molecule has 0 atom stereocenters. The number of aryl methyl sites for hydroxylation is 1. The molecule has 0 fully saturated rings. The van der Waals surface area contributed by atoms with Crippen molar-refractivity contribution < 1.29 is 4.74 Å². The molecule has 0 aliphatic carbocycles. The fourth-order valence-electron chi connectivity index (χ4n) is 1.35. The molecular formula is C13H9BrN2O. The monoisotopic (exact) mass is 288 g/mol. The third-order valence-corrected chi connectivity index (χ3v) is 2.78. The average molecular weight is 289 g/mol. The van der Waals surface area contributed by atoms with Crippen LogP contribution < -0.4 is 4.74 Å². The van der Waals surface area contributed by atoms with Gasteiger partial charge in [0.15, 0.2) is 0 Å². The topological polar surface area (TPSA) is 45.9 Å². The van der Waals surface area contributed by atoms with E-state index in [9.17, 15) is 0 Å². The molecule has 0 amide bonds. The van der Waals surface area contributed by atoms with Crippen molar-refractivity contribution in [2.24, 2.45) is 0 Å². The molecule has 0 unspecified atom stereocenters. The molecule has 0 N–H and O–H groups in total. The van der Waals surface area contributed by atoms with Crippen molar-refractivity contribution in [3.63, 3.8) is 0 Å². The molecule has 0 aliphatic rings. The summed E-state index contributed by atoms with van der Waals surface area (Å²) < 4.78 is 6.55. The second-order valence-corrected chi connectivity index (χ2v) is 4.38.